The normalized spacial score (nSPS) is 22.0. The summed E-state index contributed by atoms with van der Waals surface area (Å²) in [6.45, 7) is 2.89. The minimum Gasteiger partial charge on any atom is -0.310 e. The maximum Gasteiger partial charge on any atom is 0.126 e. The van der Waals surface area contributed by atoms with Crippen molar-refractivity contribution in [1.29, 1.82) is 0 Å². The lowest BCUT2D eigenvalue weighted by atomic mass is 9.97. The zero-order valence-corrected chi connectivity index (χ0v) is 7.10. The van der Waals surface area contributed by atoms with Crippen LogP contribution < -0.4 is 5.32 Å². The molecule has 1 aliphatic heterocycles. The van der Waals surface area contributed by atoms with Gasteiger partial charge in [0.15, 0.2) is 0 Å². The maximum absolute atomic E-state index is 12.9. The van der Waals surface area contributed by atoms with Crippen LogP contribution in [-0.4, -0.2) is 6.54 Å². The molecule has 64 valence electrons. The van der Waals surface area contributed by atoms with Gasteiger partial charge in [0.25, 0.3) is 0 Å². The van der Waals surface area contributed by atoms with E-state index >= 15 is 0 Å². The second kappa shape index (κ2) is 2.87. The largest absolute Gasteiger partial charge is 0.310 e. The molecule has 0 aliphatic carbocycles. The van der Waals surface area contributed by atoms with E-state index in [0.717, 1.165) is 12.1 Å². The van der Waals surface area contributed by atoms with Crippen LogP contribution in [0.4, 0.5) is 4.39 Å². The SMILES string of the molecule is Cc1cc([C@H]2CCN2)ccc1F. The second-order valence-electron chi connectivity index (χ2n) is 3.30. The van der Waals surface area contributed by atoms with Gasteiger partial charge in [-0.2, -0.15) is 0 Å². The number of nitrogens with one attached hydrogen (secondary N) is 1. The molecule has 2 heteroatoms. The third-order valence-corrected chi connectivity index (χ3v) is 2.41. The molecule has 0 radical (unpaired) electrons. The van der Waals surface area contributed by atoms with Crippen LogP contribution in [0.15, 0.2) is 18.2 Å². The summed E-state index contributed by atoms with van der Waals surface area (Å²) in [5.74, 6) is -0.113. The molecule has 1 nitrogen and oxygen atoms in total. The van der Waals surface area contributed by atoms with Gasteiger partial charge in [-0.15, -0.1) is 0 Å². The van der Waals surface area contributed by atoms with E-state index in [1.807, 2.05) is 12.1 Å². The molecule has 0 aromatic heterocycles. The molecule has 1 atom stereocenters. The van der Waals surface area contributed by atoms with E-state index in [9.17, 15) is 4.39 Å². The van der Waals surface area contributed by atoms with Crippen LogP contribution in [0.2, 0.25) is 0 Å². The topological polar surface area (TPSA) is 12.0 Å². The number of benzene rings is 1. The van der Waals surface area contributed by atoms with Gasteiger partial charge in [0.1, 0.15) is 5.82 Å². The van der Waals surface area contributed by atoms with Crippen LogP contribution in [0, 0.1) is 12.7 Å². The Balaban J connectivity index is 2.27. The van der Waals surface area contributed by atoms with E-state index in [-0.39, 0.29) is 5.82 Å². The molecule has 2 rings (SSSR count). The zero-order chi connectivity index (χ0) is 8.55. The number of halogens is 1. The van der Waals surface area contributed by atoms with Gasteiger partial charge in [0.05, 0.1) is 0 Å². The molecule has 0 unspecified atom stereocenters. The molecule has 0 amide bonds. The molecule has 1 aromatic rings. The van der Waals surface area contributed by atoms with Gasteiger partial charge in [0.2, 0.25) is 0 Å². The van der Waals surface area contributed by atoms with E-state index in [1.54, 1.807) is 13.0 Å². The standard InChI is InChI=1S/C10H12FN/c1-7-6-8(2-3-9(7)11)10-4-5-12-10/h2-3,6,10,12H,4-5H2,1H3/t10-/m1/s1. The summed E-state index contributed by atoms with van der Waals surface area (Å²) in [4.78, 5) is 0. The Labute approximate surface area is 71.6 Å². The molecule has 1 saturated heterocycles. The van der Waals surface area contributed by atoms with Crippen molar-refractivity contribution in [3.8, 4) is 0 Å². The van der Waals surface area contributed by atoms with Crippen LogP contribution in [0.3, 0.4) is 0 Å². The first-order valence-electron chi connectivity index (χ1n) is 4.27. The average molecular weight is 165 g/mol. The fraction of sp³-hybridized carbons (Fsp3) is 0.400. The molecule has 1 aliphatic rings. The lowest BCUT2D eigenvalue weighted by molar-refractivity contribution is 0.382. The smallest absolute Gasteiger partial charge is 0.126 e. The molecule has 1 aromatic carbocycles. The highest BCUT2D eigenvalue weighted by Crippen LogP contribution is 2.23. The number of aryl methyl sites for hydroxylation is 1. The summed E-state index contributed by atoms with van der Waals surface area (Å²) in [5.41, 5.74) is 1.95. The molecule has 1 fully saturated rings. The first kappa shape index (κ1) is 7.74. The molecule has 0 spiro atoms. The summed E-state index contributed by atoms with van der Waals surface area (Å²) in [5, 5.41) is 3.29. The third-order valence-electron chi connectivity index (χ3n) is 2.41. The first-order valence-corrected chi connectivity index (χ1v) is 4.27. The molecule has 0 bridgehead atoms. The van der Waals surface area contributed by atoms with Crippen molar-refractivity contribution in [2.75, 3.05) is 6.54 Å². The average Bonchev–Trinajstić information content (AvgIpc) is 1.93. The van der Waals surface area contributed by atoms with E-state index < -0.39 is 0 Å². The van der Waals surface area contributed by atoms with Crippen LogP contribution in [-0.2, 0) is 0 Å². The Bertz CT molecular complexity index is 292. The van der Waals surface area contributed by atoms with Gasteiger partial charge in [-0.05, 0) is 37.1 Å². The summed E-state index contributed by atoms with van der Waals surface area (Å²) >= 11 is 0. The van der Waals surface area contributed by atoms with E-state index in [0.29, 0.717) is 6.04 Å². The van der Waals surface area contributed by atoms with Crippen molar-refractivity contribution in [2.24, 2.45) is 0 Å². The fourth-order valence-electron chi connectivity index (χ4n) is 1.46. The van der Waals surface area contributed by atoms with Gasteiger partial charge in [-0.25, -0.2) is 4.39 Å². The first-order chi connectivity index (χ1) is 5.77. The quantitative estimate of drug-likeness (QED) is 0.672. The molecule has 0 saturated carbocycles. The second-order valence-corrected chi connectivity index (χ2v) is 3.30. The highest BCUT2D eigenvalue weighted by Gasteiger charge is 2.18. The molecular weight excluding hydrogens is 153 g/mol. The maximum atomic E-state index is 12.9. The Kier molecular flexibility index (Phi) is 1.85. The Morgan fingerprint density at radius 3 is 2.75 bits per heavy atom. The van der Waals surface area contributed by atoms with E-state index in [2.05, 4.69) is 5.32 Å². The van der Waals surface area contributed by atoms with Crippen LogP contribution in [0.25, 0.3) is 0 Å². The highest BCUT2D eigenvalue weighted by molar-refractivity contribution is 5.27. The van der Waals surface area contributed by atoms with Crippen LogP contribution in [0.1, 0.15) is 23.6 Å². The summed E-state index contributed by atoms with van der Waals surface area (Å²) in [7, 11) is 0. The van der Waals surface area contributed by atoms with Gasteiger partial charge in [-0.3, -0.25) is 0 Å². The van der Waals surface area contributed by atoms with Gasteiger partial charge < -0.3 is 5.32 Å². The van der Waals surface area contributed by atoms with Gasteiger partial charge >= 0.3 is 0 Å². The van der Waals surface area contributed by atoms with Crippen LogP contribution in [0.5, 0.6) is 0 Å². The fourth-order valence-corrected chi connectivity index (χ4v) is 1.46. The van der Waals surface area contributed by atoms with E-state index in [4.69, 9.17) is 0 Å². The lowest BCUT2D eigenvalue weighted by Gasteiger charge is -2.28. The molecule has 12 heavy (non-hydrogen) atoms. The minimum atomic E-state index is -0.113. The van der Waals surface area contributed by atoms with Crippen molar-refractivity contribution in [1.82, 2.24) is 5.32 Å². The number of hydrogen-bond donors (Lipinski definition) is 1. The van der Waals surface area contributed by atoms with Gasteiger partial charge in [-0.1, -0.05) is 12.1 Å². The summed E-state index contributed by atoms with van der Waals surface area (Å²) in [6.07, 6.45) is 1.17. The van der Waals surface area contributed by atoms with Crippen molar-refractivity contribution in [2.45, 2.75) is 19.4 Å². The van der Waals surface area contributed by atoms with Crippen LogP contribution >= 0.6 is 0 Å². The third kappa shape index (κ3) is 1.23. The highest BCUT2D eigenvalue weighted by atomic mass is 19.1. The van der Waals surface area contributed by atoms with Gasteiger partial charge in [0, 0.05) is 6.04 Å². The predicted octanol–water partition coefficient (Wildman–Crippen LogP) is 2.17. The van der Waals surface area contributed by atoms with E-state index in [1.165, 1.54) is 12.0 Å². The van der Waals surface area contributed by atoms with Crippen molar-refractivity contribution >= 4 is 0 Å². The minimum absolute atomic E-state index is 0.113. The number of rotatable bonds is 1. The van der Waals surface area contributed by atoms with Crippen molar-refractivity contribution < 1.29 is 4.39 Å². The van der Waals surface area contributed by atoms with Crippen molar-refractivity contribution in [3.63, 3.8) is 0 Å². The Hall–Kier alpha value is -0.890. The molecular formula is C10H12FN. The zero-order valence-electron chi connectivity index (χ0n) is 7.10. The predicted molar refractivity (Wildman–Crippen MR) is 46.5 cm³/mol. The Morgan fingerprint density at radius 1 is 1.50 bits per heavy atom. The van der Waals surface area contributed by atoms with Crippen molar-refractivity contribution in [3.05, 3.63) is 35.1 Å². The summed E-state index contributed by atoms with van der Waals surface area (Å²) in [6, 6.07) is 5.79. The summed E-state index contributed by atoms with van der Waals surface area (Å²) < 4.78 is 12.9. The number of hydrogen-bond acceptors (Lipinski definition) is 1. The monoisotopic (exact) mass is 165 g/mol. The Morgan fingerprint density at radius 2 is 2.25 bits per heavy atom. The molecule has 1 heterocycles. The molecule has 1 N–H and O–H groups in total. The lowest BCUT2D eigenvalue weighted by Crippen LogP contribution is -2.34.